The normalized spacial score (nSPS) is 13.6. The number of ether oxygens (including phenoxy) is 1. The van der Waals surface area contributed by atoms with Gasteiger partial charge in [-0.3, -0.25) is 4.79 Å². The maximum Gasteiger partial charge on any atom is 0.240 e. The highest BCUT2D eigenvalue weighted by molar-refractivity contribution is 7.89. The minimum atomic E-state index is -3.51. The van der Waals surface area contributed by atoms with Gasteiger partial charge in [0.2, 0.25) is 15.9 Å². The number of rotatable bonds is 7. The lowest BCUT2D eigenvalue weighted by molar-refractivity contribution is -0.117. The molecule has 0 aliphatic carbocycles. The van der Waals surface area contributed by atoms with Gasteiger partial charge in [0, 0.05) is 25.9 Å². The monoisotopic (exact) mass is 363 g/mol. The molecule has 23 heavy (non-hydrogen) atoms. The van der Waals surface area contributed by atoms with Gasteiger partial charge in [0.15, 0.2) is 0 Å². The van der Waals surface area contributed by atoms with E-state index in [1.54, 1.807) is 30.2 Å². The molecule has 1 aromatic rings. The molecule has 0 spiro atoms. The topological polar surface area (TPSA) is 87.7 Å². The Kier molecular flexibility index (Phi) is 7.43. The molecule has 0 saturated heterocycles. The molecule has 1 amide bonds. The number of benzene rings is 1. The molecule has 130 valence electrons. The Labute approximate surface area is 142 Å². The summed E-state index contributed by atoms with van der Waals surface area (Å²) >= 11 is 0. The quantitative estimate of drug-likeness (QED) is 0.673. The van der Waals surface area contributed by atoms with Crippen LogP contribution in [0.5, 0.6) is 0 Å². The highest BCUT2D eigenvalue weighted by Gasteiger charge is 2.26. The Hall–Kier alpha value is -1.19. The van der Waals surface area contributed by atoms with E-state index in [2.05, 4.69) is 10.0 Å². The van der Waals surface area contributed by atoms with Crippen molar-refractivity contribution in [2.24, 2.45) is 0 Å². The second-order valence-electron chi connectivity index (χ2n) is 4.96. The van der Waals surface area contributed by atoms with Crippen molar-refractivity contribution < 1.29 is 17.9 Å². The maximum absolute atomic E-state index is 12.3. The third kappa shape index (κ3) is 4.65. The van der Waals surface area contributed by atoms with Crippen LogP contribution in [-0.2, 0) is 26.0 Å². The van der Waals surface area contributed by atoms with E-state index in [0.29, 0.717) is 25.4 Å². The molecule has 1 aliphatic rings. The summed E-state index contributed by atoms with van der Waals surface area (Å²) < 4.78 is 31.0. The number of nitrogens with one attached hydrogen (secondary N) is 2. The number of nitrogens with zero attached hydrogens (tertiary/aromatic N) is 1. The molecule has 0 saturated carbocycles. The average Bonchev–Trinajstić information content (AvgIpc) is 2.94. The van der Waals surface area contributed by atoms with Crippen molar-refractivity contribution in [3.05, 3.63) is 23.8 Å². The number of carbonyl (C=O) groups is 1. The Bertz CT molecular complexity index is 651. The number of amides is 1. The molecular formula is C14H22ClN3O4S. The number of anilines is 1. The Morgan fingerprint density at radius 1 is 1.39 bits per heavy atom. The molecule has 0 fully saturated rings. The molecule has 0 unspecified atom stereocenters. The number of halogens is 1. The summed E-state index contributed by atoms with van der Waals surface area (Å²) in [4.78, 5) is 14.1. The van der Waals surface area contributed by atoms with E-state index < -0.39 is 10.0 Å². The van der Waals surface area contributed by atoms with Gasteiger partial charge in [0.1, 0.15) is 0 Å². The third-order valence-corrected chi connectivity index (χ3v) is 5.00. The molecule has 0 atom stereocenters. The van der Waals surface area contributed by atoms with Crippen LogP contribution >= 0.6 is 12.4 Å². The molecule has 2 rings (SSSR count). The van der Waals surface area contributed by atoms with Crippen molar-refractivity contribution in [3.63, 3.8) is 0 Å². The van der Waals surface area contributed by atoms with Crippen LogP contribution in [-0.4, -0.2) is 54.7 Å². The second kappa shape index (κ2) is 8.60. The minimum absolute atomic E-state index is 0. The van der Waals surface area contributed by atoms with Crippen LogP contribution in [0.4, 0.5) is 5.69 Å². The minimum Gasteiger partial charge on any atom is -0.383 e. The molecule has 7 nitrogen and oxygen atoms in total. The molecule has 1 aliphatic heterocycles. The van der Waals surface area contributed by atoms with Gasteiger partial charge in [-0.05, 0) is 31.2 Å². The fraction of sp³-hybridized carbons (Fsp3) is 0.500. The van der Waals surface area contributed by atoms with Gasteiger partial charge in [0.25, 0.3) is 0 Å². The van der Waals surface area contributed by atoms with Crippen LogP contribution < -0.4 is 14.9 Å². The number of sulfonamides is 1. The van der Waals surface area contributed by atoms with Gasteiger partial charge in [-0.1, -0.05) is 6.07 Å². The van der Waals surface area contributed by atoms with Crippen molar-refractivity contribution >= 4 is 34.0 Å². The molecule has 2 N–H and O–H groups in total. The van der Waals surface area contributed by atoms with E-state index in [1.807, 2.05) is 0 Å². The van der Waals surface area contributed by atoms with Crippen LogP contribution in [0, 0.1) is 0 Å². The summed E-state index contributed by atoms with van der Waals surface area (Å²) in [5.41, 5.74) is 1.66. The SMILES string of the molecule is CNS(=O)(=O)c1ccc2c(c1)N(C(=O)CNCCOC)CC2.Cl. The largest absolute Gasteiger partial charge is 0.383 e. The molecule has 0 radical (unpaired) electrons. The van der Waals surface area contributed by atoms with E-state index >= 15 is 0 Å². The summed E-state index contributed by atoms with van der Waals surface area (Å²) in [6.45, 7) is 1.90. The number of hydrogen-bond acceptors (Lipinski definition) is 5. The van der Waals surface area contributed by atoms with Crippen molar-refractivity contribution in [2.45, 2.75) is 11.3 Å². The lowest BCUT2D eigenvalue weighted by Gasteiger charge is -2.18. The summed E-state index contributed by atoms with van der Waals surface area (Å²) in [7, 11) is -0.546. The van der Waals surface area contributed by atoms with E-state index in [9.17, 15) is 13.2 Å². The molecule has 0 aromatic heterocycles. The summed E-state index contributed by atoms with van der Waals surface area (Å²) in [6.07, 6.45) is 0.735. The van der Waals surface area contributed by atoms with Gasteiger partial charge in [-0.25, -0.2) is 13.1 Å². The van der Waals surface area contributed by atoms with Gasteiger partial charge in [0.05, 0.1) is 18.0 Å². The Balaban J connectivity index is 0.00000264. The maximum atomic E-state index is 12.3. The molecule has 0 bridgehead atoms. The van der Waals surface area contributed by atoms with Crippen LogP contribution in [0.1, 0.15) is 5.56 Å². The van der Waals surface area contributed by atoms with E-state index in [-0.39, 0.29) is 29.8 Å². The third-order valence-electron chi connectivity index (χ3n) is 3.59. The first-order chi connectivity index (χ1) is 10.5. The fourth-order valence-corrected chi connectivity index (χ4v) is 3.12. The molecule has 9 heteroatoms. The summed E-state index contributed by atoms with van der Waals surface area (Å²) in [5, 5.41) is 3.00. The van der Waals surface area contributed by atoms with Crippen LogP contribution in [0.2, 0.25) is 0 Å². The predicted octanol–water partition coefficient (Wildman–Crippen LogP) is 0.142. The van der Waals surface area contributed by atoms with E-state index in [0.717, 1.165) is 12.0 Å². The highest BCUT2D eigenvalue weighted by Crippen LogP contribution is 2.30. The van der Waals surface area contributed by atoms with E-state index in [1.165, 1.54) is 7.05 Å². The van der Waals surface area contributed by atoms with Gasteiger partial charge in [-0.2, -0.15) is 0 Å². The predicted molar refractivity (Wildman–Crippen MR) is 90.7 cm³/mol. The molecule has 1 aromatic carbocycles. The van der Waals surface area contributed by atoms with Crippen molar-refractivity contribution in [3.8, 4) is 0 Å². The average molecular weight is 364 g/mol. The first kappa shape index (κ1) is 19.9. The van der Waals surface area contributed by atoms with Gasteiger partial charge < -0.3 is 15.0 Å². The number of methoxy groups -OCH3 is 1. The zero-order valence-electron chi connectivity index (χ0n) is 13.2. The van der Waals surface area contributed by atoms with Crippen LogP contribution in [0.3, 0.4) is 0 Å². The Morgan fingerprint density at radius 3 is 2.78 bits per heavy atom. The molecule has 1 heterocycles. The zero-order valence-corrected chi connectivity index (χ0v) is 14.8. The first-order valence-electron chi connectivity index (χ1n) is 7.06. The van der Waals surface area contributed by atoms with Crippen LogP contribution in [0.25, 0.3) is 0 Å². The standard InChI is InChI=1S/C14H21N3O4S.ClH/c1-15-22(19,20)12-4-3-11-5-7-17(13(11)9-12)14(18)10-16-6-8-21-2;/h3-4,9,15-16H,5-8,10H2,1-2H3;1H. The van der Waals surface area contributed by atoms with Crippen molar-refractivity contribution in [1.29, 1.82) is 0 Å². The van der Waals surface area contributed by atoms with Crippen molar-refractivity contribution in [2.75, 3.05) is 45.3 Å². The zero-order chi connectivity index (χ0) is 16.2. The first-order valence-corrected chi connectivity index (χ1v) is 8.54. The smallest absolute Gasteiger partial charge is 0.240 e. The van der Waals surface area contributed by atoms with Gasteiger partial charge >= 0.3 is 0 Å². The number of carbonyl (C=O) groups excluding carboxylic acids is 1. The van der Waals surface area contributed by atoms with E-state index in [4.69, 9.17) is 4.74 Å². The van der Waals surface area contributed by atoms with Crippen LogP contribution in [0.15, 0.2) is 23.1 Å². The Morgan fingerprint density at radius 2 is 2.13 bits per heavy atom. The number of fused-ring (bicyclic) bond motifs is 1. The summed E-state index contributed by atoms with van der Waals surface area (Å²) in [6, 6.07) is 4.89. The summed E-state index contributed by atoms with van der Waals surface area (Å²) in [5.74, 6) is -0.0751. The second-order valence-corrected chi connectivity index (χ2v) is 6.85. The molecular weight excluding hydrogens is 342 g/mol. The lowest BCUT2D eigenvalue weighted by Crippen LogP contribution is -2.38. The van der Waals surface area contributed by atoms with Gasteiger partial charge in [-0.15, -0.1) is 12.4 Å². The fourth-order valence-electron chi connectivity index (χ4n) is 2.37. The number of hydrogen-bond donors (Lipinski definition) is 2. The van der Waals surface area contributed by atoms with Crippen molar-refractivity contribution in [1.82, 2.24) is 10.0 Å². The highest BCUT2D eigenvalue weighted by atomic mass is 35.5. The lowest BCUT2D eigenvalue weighted by atomic mass is 10.2.